The van der Waals surface area contributed by atoms with Crippen molar-refractivity contribution >= 4 is 43.4 Å². The van der Waals surface area contributed by atoms with Crippen LogP contribution < -0.4 is 15.2 Å². The number of halogens is 1. The first-order valence-corrected chi connectivity index (χ1v) is 10.6. The second-order valence-electron chi connectivity index (χ2n) is 5.79. The summed E-state index contributed by atoms with van der Waals surface area (Å²) < 4.78 is 25.4. The molecule has 0 saturated heterocycles. The highest BCUT2D eigenvalue weighted by Gasteiger charge is 2.22. The number of hydrazine groups is 1. The third kappa shape index (κ3) is 4.81. The quantitative estimate of drug-likeness (QED) is 0.548. The molecule has 0 aromatic heterocycles. The summed E-state index contributed by atoms with van der Waals surface area (Å²) in [5.74, 6) is 0. The van der Waals surface area contributed by atoms with Gasteiger partial charge in [-0.3, -0.25) is 10.3 Å². The number of amides is 2. The van der Waals surface area contributed by atoms with Gasteiger partial charge in [0, 0.05) is 4.47 Å². The Kier molecular flexibility index (Phi) is 6.29. The van der Waals surface area contributed by atoms with Crippen LogP contribution in [0.5, 0.6) is 0 Å². The van der Waals surface area contributed by atoms with E-state index in [1.807, 2.05) is 6.07 Å². The van der Waals surface area contributed by atoms with Crippen LogP contribution >= 0.6 is 15.9 Å². The molecule has 0 bridgehead atoms. The van der Waals surface area contributed by atoms with E-state index in [9.17, 15) is 13.2 Å². The van der Waals surface area contributed by atoms with E-state index in [0.717, 1.165) is 0 Å². The summed E-state index contributed by atoms with van der Waals surface area (Å²) in [5, 5.41) is 8.99. The van der Waals surface area contributed by atoms with Gasteiger partial charge in [0.15, 0.2) is 0 Å². The van der Waals surface area contributed by atoms with Crippen molar-refractivity contribution in [2.75, 3.05) is 4.90 Å². The van der Waals surface area contributed by atoms with Gasteiger partial charge in [-0.2, -0.15) is 5.26 Å². The molecule has 0 heterocycles. The molecule has 9 heteroatoms. The Labute approximate surface area is 176 Å². The third-order valence-corrected chi connectivity index (χ3v) is 5.83. The Hall–Kier alpha value is -3.19. The molecular weight excluding hydrogens is 456 g/mol. The Morgan fingerprint density at radius 1 is 0.931 bits per heavy atom. The molecule has 29 heavy (non-hydrogen) atoms. The van der Waals surface area contributed by atoms with E-state index >= 15 is 0 Å². The van der Waals surface area contributed by atoms with E-state index in [1.54, 1.807) is 66.7 Å². The molecule has 3 aromatic rings. The molecule has 146 valence electrons. The molecule has 3 rings (SSSR count). The predicted octanol–water partition coefficient (Wildman–Crippen LogP) is 4.06. The molecule has 0 fully saturated rings. The monoisotopic (exact) mass is 470 g/mol. The van der Waals surface area contributed by atoms with Gasteiger partial charge >= 0.3 is 6.03 Å². The summed E-state index contributed by atoms with van der Waals surface area (Å²) in [4.78, 5) is 16.3. The fraction of sp³-hybridized carbons (Fsp3) is 0. The fourth-order valence-corrected chi connectivity index (χ4v) is 3.83. The lowest BCUT2D eigenvalue weighted by Gasteiger charge is -2.24. The van der Waals surface area contributed by atoms with Gasteiger partial charge < -0.3 is 0 Å². The molecule has 7 nitrogen and oxygen atoms in total. The summed E-state index contributed by atoms with van der Waals surface area (Å²) in [5.41, 5.74) is 3.62. The van der Waals surface area contributed by atoms with Crippen molar-refractivity contribution in [1.29, 1.82) is 5.26 Å². The summed E-state index contributed by atoms with van der Waals surface area (Å²) in [6.07, 6.45) is 0. The van der Waals surface area contributed by atoms with Crippen LogP contribution in [0.4, 0.5) is 16.2 Å². The van der Waals surface area contributed by atoms with E-state index in [4.69, 9.17) is 5.26 Å². The zero-order valence-electron chi connectivity index (χ0n) is 14.9. The zero-order valence-corrected chi connectivity index (χ0v) is 17.3. The number of sulfonamides is 1. The minimum Gasteiger partial charge on any atom is -0.261 e. The fourth-order valence-electron chi connectivity index (χ4n) is 2.51. The summed E-state index contributed by atoms with van der Waals surface area (Å²) in [6, 6.07) is 22.3. The SMILES string of the molecule is N#Cc1ccc(N(C(=O)NNS(=O)(=O)c2ccccc2)c2ccccc2Br)cc1. The Morgan fingerprint density at radius 2 is 1.55 bits per heavy atom. The highest BCUT2D eigenvalue weighted by molar-refractivity contribution is 9.10. The van der Waals surface area contributed by atoms with Gasteiger partial charge in [0.25, 0.3) is 10.0 Å². The highest BCUT2D eigenvalue weighted by atomic mass is 79.9. The van der Waals surface area contributed by atoms with Gasteiger partial charge in [0.2, 0.25) is 0 Å². The number of nitrogens with zero attached hydrogens (tertiary/aromatic N) is 2. The van der Waals surface area contributed by atoms with Gasteiger partial charge in [-0.05, 0) is 64.5 Å². The zero-order chi connectivity index (χ0) is 20.9. The second kappa shape index (κ2) is 8.87. The van der Waals surface area contributed by atoms with Crippen molar-refractivity contribution in [1.82, 2.24) is 10.3 Å². The summed E-state index contributed by atoms with van der Waals surface area (Å²) >= 11 is 3.41. The highest BCUT2D eigenvalue weighted by Crippen LogP contribution is 2.32. The topological polar surface area (TPSA) is 102 Å². The number of carbonyl (C=O) groups excluding carboxylic acids is 1. The van der Waals surface area contributed by atoms with Gasteiger partial charge in [-0.1, -0.05) is 30.3 Å². The number of urea groups is 1. The first-order chi connectivity index (χ1) is 13.9. The molecule has 0 unspecified atom stereocenters. The van der Waals surface area contributed by atoms with Crippen LogP contribution in [0.2, 0.25) is 0 Å². The van der Waals surface area contributed by atoms with Crippen LogP contribution in [0, 0.1) is 11.3 Å². The van der Waals surface area contributed by atoms with E-state index in [1.165, 1.54) is 17.0 Å². The maximum atomic E-state index is 12.9. The van der Waals surface area contributed by atoms with Crippen molar-refractivity contribution in [3.05, 3.63) is 88.9 Å². The molecule has 3 aromatic carbocycles. The van der Waals surface area contributed by atoms with Crippen LogP contribution in [-0.4, -0.2) is 14.4 Å². The number of nitrogens with one attached hydrogen (secondary N) is 2. The van der Waals surface area contributed by atoms with Gasteiger partial charge in [-0.15, -0.1) is 4.83 Å². The molecule has 0 spiro atoms. The molecule has 0 saturated carbocycles. The van der Waals surface area contributed by atoms with Crippen LogP contribution in [0.15, 0.2) is 88.2 Å². The number of anilines is 2. The molecule has 0 atom stereocenters. The first-order valence-electron chi connectivity index (χ1n) is 8.34. The largest absolute Gasteiger partial charge is 0.341 e. The molecule has 0 aliphatic rings. The summed E-state index contributed by atoms with van der Waals surface area (Å²) in [7, 11) is -3.94. The molecular formula is C20H15BrN4O3S. The molecule has 0 radical (unpaired) electrons. The standard InChI is InChI=1S/C20H15BrN4O3S/c21-18-8-4-5-9-19(18)25(16-12-10-15(14-22)11-13-16)20(26)23-24-29(27,28)17-6-2-1-3-7-17/h1-13,24H,(H,23,26). The van der Waals surface area contributed by atoms with Gasteiger partial charge in [0.1, 0.15) is 0 Å². The first kappa shape index (κ1) is 20.5. The average molecular weight is 471 g/mol. The van der Waals surface area contributed by atoms with Crippen molar-refractivity contribution in [3.63, 3.8) is 0 Å². The van der Waals surface area contributed by atoms with E-state index < -0.39 is 16.1 Å². The molecule has 0 aliphatic heterocycles. The lowest BCUT2D eigenvalue weighted by molar-refractivity contribution is 0.247. The van der Waals surface area contributed by atoms with Gasteiger partial charge in [-0.25, -0.2) is 13.2 Å². The Balaban J connectivity index is 1.91. The Morgan fingerprint density at radius 3 is 2.17 bits per heavy atom. The normalized spacial score (nSPS) is 10.8. The number of nitriles is 1. The number of hydrogen-bond acceptors (Lipinski definition) is 4. The second-order valence-corrected chi connectivity index (χ2v) is 8.33. The van der Waals surface area contributed by atoms with E-state index in [0.29, 0.717) is 21.4 Å². The van der Waals surface area contributed by atoms with Crippen LogP contribution in [-0.2, 0) is 10.0 Å². The smallest absolute Gasteiger partial charge is 0.261 e. The lowest BCUT2D eigenvalue weighted by atomic mass is 10.2. The minimum absolute atomic E-state index is 0.0196. The average Bonchev–Trinajstić information content (AvgIpc) is 2.75. The maximum absolute atomic E-state index is 12.9. The van der Waals surface area contributed by atoms with Crippen LogP contribution in [0.3, 0.4) is 0 Å². The van der Waals surface area contributed by atoms with Crippen LogP contribution in [0.1, 0.15) is 5.56 Å². The molecule has 2 amide bonds. The van der Waals surface area contributed by atoms with Crippen molar-refractivity contribution in [3.8, 4) is 6.07 Å². The molecule has 2 N–H and O–H groups in total. The number of benzene rings is 3. The molecule has 0 aliphatic carbocycles. The Bertz CT molecular complexity index is 1160. The number of carbonyl (C=O) groups is 1. The third-order valence-electron chi connectivity index (χ3n) is 3.90. The van der Waals surface area contributed by atoms with E-state index in [2.05, 4.69) is 26.2 Å². The maximum Gasteiger partial charge on any atom is 0.341 e. The number of para-hydroxylation sites is 1. The van der Waals surface area contributed by atoms with Crippen LogP contribution in [0.25, 0.3) is 0 Å². The number of rotatable bonds is 5. The van der Waals surface area contributed by atoms with Crippen molar-refractivity contribution in [2.24, 2.45) is 0 Å². The minimum atomic E-state index is -3.94. The number of hydrogen-bond donors (Lipinski definition) is 2. The van der Waals surface area contributed by atoms with Crippen molar-refractivity contribution < 1.29 is 13.2 Å². The summed E-state index contributed by atoms with van der Waals surface area (Å²) in [6.45, 7) is 0. The predicted molar refractivity (Wildman–Crippen MR) is 113 cm³/mol. The van der Waals surface area contributed by atoms with Crippen molar-refractivity contribution in [2.45, 2.75) is 4.90 Å². The van der Waals surface area contributed by atoms with E-state index in [-0.39, 0.29) is 4.90 Å². The lowest BCUT2D eigenvalue weighted by Crippen LogP contribution is -2.47. The van der Waals surface area contributed by atoms with Gasteiger partial charge in [0.05, 0.1) is 27.9 Å².